The summed E-state index contributed by atoms with van der Waals surface area (Å²) >= 11 is 3.53. The summed E-state index contributed by atoms with van der Waals surface area (Å²) in [5.74, 6) is 1.63. The molecule has 8 nitrogen and oxygen atoms in total. The molecule has 0 aromatic heterocycles. The first-order chi connectivity index (χ1) is 20.4. The maximum atomic E-state index is 12.7. The van der Waals surface area contributed by atoms with Crippen LogP contribution in [0.2, 0.25) is 0 Å². The minimum atomic E-state index is -0.583. The molecule has 0 fully saturated rings. The topological polar surface area (TPSA) is 110 Å². The van der Waals surface area contributed by atoms with Crippen LogP contribution in [-0.4, -0.2) is 24.7 Å². The lowest BCUT2D eigenvalue weighted by atomic mass is 10.1. The molecule has 0 bridgehead atoms. The second kappa shape index (κ2) is 14.6. The van der Waals surface area contributed by atoms with E-state index in [1.807, 2.05) is 61.5 Å². The first-order valence-corrected chi connectivity index (χ1v) is 13.8. The largest absolute Gasteiger partial charge is 0.508 e. The first-order valence-electron chi connectivity index (χ1n) is 13.0. The fraction of sp³-hybridized carbons (Fsp3) is 0.152. The van der Waals surface area contributed by atoms with E-state index in [9.17, 15) is 15.2 Å². The number of phenols is 1. The van der Waals surface area contributed by atoms with Crippen LogP contribution in [-0.2, 0) is 18.0 Å². The zero-order chi connectivity index (χ0) is 29.9. The number of carbonyl (C=O) groups excluding carboxylic acids is 1. The SMILES string of the molecule is CCOc1cc(COc2c(Br)cc(/C=C(\C#N)C(=O)Nc3ccc(O)cc3)cc2OC)ccc1OCc1ccccc1. The van der Waals surface area contributed by atoms with Crippen LogP contribution < -0.4 is 24.3 Å². The number of halogens is 1. The number of hydrogen-bond acceptors (Lipinski definition) is 7. The summed E-state index contributed by atoms with van der Waals surface area (Å²) in [4.78, 5) is 12.7. The maximum absolute atomic E-state index is 12.7. The van der Waals surface area contributed by atoms with Crippen LogP contribution in [0.4, 0.5) is 5.69 Å². The number of aromatic hydroxyl groups is 1. The summed E-state index contributed by atoms with van der Waals surface area (Å²) < 4.78 is 24.1. The molecule has 0 aliphatic heterocycles. The highest BCUT2D eigenvalue weighted by Crippen LogP contribution is 2.38. The molecule has 0 aliphatic rings. The fourth-order valence-electron chi connectivity index (χ4n) is 3.94. The van der Waals surface area contributed by atoms with E-state index in [4.69, 9.17) is 18.9 Å². The van der Waals surface area contributed by atoms with E-state index in [1.165, 1.54) is 37.5 Å². The van der Waals surface area contributed by atoms with E-state index in [0.717, 1.165) is 11.1 Å². The second-order valence-electron chi connectivity index (χ2n) is 8.98. The van der Waals surface area contributed by atoms with Crippen molar-refractivity contribution in [2.45, 2.75) is 20.1 Å². The Morgan fingerprint density at radius 1 is 0.905 bits per heavy atom. The van der Waals surface area contributed by atoms with Crippen LogP contribution in [0.1, 0.15) is 23.6 Å². The van der Waals surface area contributed by atoms with Gasteiger partial charge < -0.3 is 29.4 Å². The van der Waals surface area contributed by atoms with E-state index in [2.05, 4.69) is 21.2 Å². The molecule has 0 saturated carbocycles. The zero-order valence-corrected chi connectivity index (χ0v) is 24.7. The molecule has 9 heteroatoms. The minimum absolute atomic E-state index is 0.0721. The molecular formula is C33H29BrN2O6. The number of methoxy groups -OCH3 is 1. The van der Waals surface area contributed by atoms with E-state index >= 15 is 0 Å². The van der Waals surface area contributed by atoms with Gasteiger partial charge in [0.05, 0.1) is 18.2 Å². The third-order valence-corrected chi connectivity index (χ3v) is 6.57. The van der Waals surface area contributed by atoms with Gasteiger partial charge in [-0.05, 0) is 94.2 Å². The van der Waals surface area contributed by atoms with Gasteiger partial charge in [0.2, 0.25) is 0 Å². The lowest BCUT2D eigenvalue weighted by Gasteiger charge is -2.16. The van der Waals surface area contributed by atoms with E-state index < -0.39 is 5.91 Å². The van der Waals surface area contributed by atoms with Crippen LogP contribution in [0, 0.1) is 11.3 Å². The van der Waals surface area contributed by atoms with Gasteiger partial charge in [-0.2, -0.15) is 5.26 Å². The lowest BCUT2D eigenvalue weighted by molar-refractivity contribution is -0.112. The number of nitrogens with zero attached hydrogens (tertiary/aromatic N) is 1. The highest BCUT2D eigenvalue weighted by Gasteiger charge is 2.15. The number of anilines is 1. The van der Waals surface area contributed by atoms with Gasteiger partial charge in [0.1, 0.15) is 30.6 Å². The van der Waals surface area contributed by atoms with Gasteiger partial charge in [-0.1, -0.05) is 36.4 Å². The van der Waals surface area contributed by atoms with Crippen molar-refractivity contribution >= 4 is 33.6 Å². The number of nitriles is 1. The molecule has 2 N–H and O–H groups in total. The zero-order valence-electron chi connectivity index (χ0n) is 23.1. The molecule has 4 rings (SSSR count). The number of nitrogens with one attached hydrogen (secondary N) is 1. The molecule has 214 valence electrons. The molecule has 0 spiro atoms. The Morgan fingerprint density at radius 3 is 2.33 bits per heavy atom. The Balaban J connectivity index is 1.48. The number of ether oxygens (including phenoxy) is 4. The Hall–Kier alpha value is -4.94. The van der Waals surface area contributed by atoms with Crippen LogP contribution in [0.25, 0.3) is 6.08 Å². The number of phenolic OH excluding ortho intramolecular Hbond substituents is 1. The Bertz CT molecular complexity index is 1600. The van der Waals surface area contributed by atoms with Crippen molar-refractivity contribution in [3.05, 3.63) is 112 Å². The molecular weight excluding hydrogens is 600 g/mol. The average molecular weight is 630 g/mol. The minimum Gasteiger partial charge on any atom is -0.508 e. The summed E-state index contributed by atoms with van der Waals surface area (Å²) in [6.07, 6.45) is 1.45. The molecule has 0 heterocycles. The summed E-state index contributed by atoms with van der Waals surface area (Å²) in [5, 5.41) is 21.7. The Labute approximate surface area is 252 Å². The smallest absolute Gasteiger partial charge is 0.266 e. The van der Waals surface area contributed by atoms with Crippen LogP contribution >= 0.6 is 15.9 Å². The average Bonchev–Trinajstić information content (AvgIpc) is 3.00. The van der Waals surface area contributed by atoms with Crippen molar-refractivity contribution in [3.63, 3.8) is 0 Å². The highest BCUT2D eigenvalue weighted by molar-refractivity contribution is 9.10. The van der Waals surface area contributed by atoms with Crippen LogP contribution in [0.3, 0.4) is 0 Å². The Kier molecular flexibility index (Phi) is 10.5. The third-order valence-electron chi connectivity index (χ3n) is 5.98. The van der Waals surface area contributed by atoms with Crippen molar-refractivity contribution in [1.29, 1.82) is 5.26 Å². The van der Waals surface area contributed by atoms with Crippen molar-refractivity contribution < 1.29 is 28.8 Å². The predicted octanol–water partition coefficient (Wildman–Crippen LogP) is 7.27. The molecule has 4 aromatic carbocycles. The summed E-state index contributed by atoms with van der Waals surface area (Å²) in [6.45, 7) is 3.05. The summed E-state index contributed by atoms with van der Waals surface area (Å²) in [6, 6.07) is 26.9. The number of hydrogen-bond donors (Lipinski definition) is 2. The summed E-state index contributed by atoms with van der Waals surface area (Å²) in [7, 11) is 1.51. The van der Waals surface area contributed by atoms with Gasteiger partial charge in [0.15, 0.2) is 23.0 Å². The van der Waals surface area contributed by atoms with Gasteiger partial charge in [-0.15, -0.1) is 0 Å². The molecule has 0 radical (unpaired) electrons. The first kappa shape index (κ1) is 30.0. The van der Waals surface area contributed by atoms with Crippen molar-refractivity contribution in [1.82, 2.24) is 0 Å². The van der Waals surface area contributed by atoms with Gasteiger partial charge in [-0.3, -0.25) is 4.79 Å². The quantitative estimate of drug-likeness (QED) is 0.0964. The fourth-order valence-corrected chi connectivity index (χ4v) is 4.52. The molecule has 4 aromatic rings. The normalized spacial score (nSPS) is 10.9. The highest BCUT2D eigenvalue weighted by atomic mass is 79.9. The van der Waals surface area contributed by atoms with Crippen LogP contribution in [0.15, 0.2) is 95.0 Å². The molecule has 0 aliphatic carbocycles. The number of carbonyl (C=O) groups is 1. The number of benzene rings is 4. The van der Waals surface area contributed by atoms with Crippen molar-refractivity contribution in [2.24, 2.45) is 0 Å². The van der Waals surface area contributed by atoms with E-state index in [1.54, 1.807) is 12.1 Å². The molecule has 1 amide bonds. The maximum Gasteiger partial charge on any atom is 0.266 e. The number of amides is 1. The number of rotatable bonds is 12. The third kappa shape index (κ3) is 8.05. The van der Waals surface area contributed by atoms with Gasteiger partial charge in [0, 0.05) is 5.69 Å². The monoisotopic (exact) mass is 628 g/mol. The van der Waals surface area contributed by atoms with E-state index in [-0.39, 0.29) is 17.9 Å². The van der Waals surface area contributed by atoms with Crippen molar-refractivity contribution in [3.8, 4) is 34.8 Å². The summed E-state index contributed by atoms with van der Waals surface area (Å²) in [5.41, 5.74) is 2.82. The van der Waals surface area contributed by atoms with Gasteiger partial charge in [0.25, 0.3) is 5.91 Å². The molecule has 0 saturated heterocycles. The molecule has 0 atom stereocenters. The van der Waals surface area contributed by atoms with Crippen LogP contribution in [0.5, 0.6) is 28.7 Å². The van der Waals surface area contributed by atoms with Gasteiger partial charge >= 0.3 is 0 Å². The second-order valence-corrected chi connectivity index (χ2v) is 9.84. The molecule has 0 unspecified atom stereocenters. The lowest BCUT2D eigenvalue weighted by Crippen LogP contribution is -2.13. The van der Waals surface area contributed by atoms with Gasteiger partial charge in [-0.25, -0.2) is 0 Å². The standard InChI is InChI=1S/C33H29BrN2O6/c1-3-40-30-17-23(9-14-29(30)41-20-22-7-5-4-6-8-22)21-42-32-28(34)16-24(18-31(32)39-2)15-25(19-35)33(38)36-26-10-12-27(37)13-11-26/h4-18,37H,3,20-21H2,1-2H3,(H,36,38)/b25-15+. The Morgan fingerprint density at radius 2 is 1.64 bits per heavy atom. The van der Waals surface area contributed by atoms with Crippen molar-refractivity contribution in [2.75, 3.05) is 19.0 Å². The predicted molar refractivity (Wildman–Crippen MR) is 164 cm³/mol. The van der Waals surface area contributed by atoms with E-state index in [0.29, 0.717) is 51.9 Å². The molecule has 42 heavy (non-hydrogen) atoms.